The first-order valence-corrected chi connectivity index (χ1v) is 9.64. The molecule has 0 bridgehead atoms. The number of aromatic hydroxyl groups is 1. The minimum absolute atomic E-state index is 0. The second-order valence-corrected chi connectivity index (χ2v) is 8.24. The smallest absolute Gasteiger partial charge is 0.320 e. The Morgan fingerprint density at radius 2 is 1.71 bits per heavy atom. The summed E-state index contributed by atoms with van der Waals surface area (Å²) >= 11 is 6.33. The summed E-state index contributed by atoms with van der Waals surface area (Å²) in [7, 11) is 0. The molecule has 9 heteroatoms. The molecule has 1 atom stereocenters. The summed E-state index contributed by atoms with van der Waals surface area (Å²) in [6.45, 7) is 0. The molecule has 127 valence electrons. The first-order valence-electron chi connectivity index (χ1n) is 6.40. The number of aliphatic carboxylic acids is 1. The van der Waals surface area contributed by atoms with Gasteiger partial charge in [0, 0.05) is 26.2 Å². The molecule has 0 unspecified atom stereocenters. The Balaban J connectivity index is 0.00000288. The molecular formula is C15H12BiI3NO4. The van der Waals surface area contributed by atoms with E-state index < -0.39 is 12.0 Å². The summed E-state index contributed by atoms with van der Waals surface area (Å²) in [5.41, 5.74) is 6.43. The molecule has 0 saturated carbocycles. The normalized spacial score (nSPS) is 11.5. The van der Waals surface area contributed by atoms with Gasteiger partial charge in [-0.1, -0.05) is 0 Å². The molecule has 0 saturated heterocycles. The van der Waals surface area contributed by atoms with Crippen molar-refractivity contribution in [3.63, 3.8) is 0 Å². The van der Waals surface area contributed by atoms with Gasteiger partial charge in [-0.05, 0) is 110 Å². The van der Waals surface area contributed by atoms with E-state index in [9.17, 15) is 9.90 Å². The van der Waals surface area contributed by atoms with E-state index in [-0.39, 0.29) is 38.4 Å². The molecule has 24 heavy (non-hydrogen) atoms. The third-order valence-electron chi connectivity index (χ3n) is 2.97. The summed E-state index contributed by atoms with van der Waals surface area (Å²) in [6, 6.07) is 7.83. The zero-order valence-electron chi connectivity index (χ0n) is 12.0. The molecule has 0 fully saturated rings. The van der Waals surface area contributed by atoms with Crippen molar-refractivity contribution in [2.24, 2.45) is 5.73 Å². The number of hydrogen-bond donors (Lipinski definition) is 3. The van der Waals surface area contributed by atoms with Gasteiger partial charge in [-0.3, -0.25) is 4.79 Å². The number of ether oxygens (including phenoxy) is 1. The zero-order chi connectivity index (χ0) is 17.1. The second kappa shape index (κ2) is 10.0. The summed E-state index contributed by atoms with van der Waals surface area (Å²) in [5.74, 6) is 0.507. The van der Waals surface area contributed by atoms with Gasteiger partial charge in [0.2, 0.25) is 0 Å². The number of hydrogen-bond acceptors (Lipinski definition) is 4. The minimum Gasteiger partial charge on any atom is -0.507 e. The van der Waals surface area contributed by atoms with Crippen LogP contribution in [-0.4, -0.2) is 48.4 Å². The number of phenolic OH excluding ortho intramolecular Hbond substituents is 1. The first-order chi connectivity index (χ1) is 10.8. The summed E-state index contributed by atoms with van der Waals surface area (Å²) in [4.78, 5) is 10.9. The Morgan fingerprint density at radius 3 is 2.21 bits per heavy atom. The third-order valence-corrected chi connectivity index (χ3v) is 5.44. The number of halogens is 3. The van der Waals surface area contributed by atoms with Gasteiger partial charge in [-0.15, -0.1) is 0 Å². The van der Waals surface area contributed by atoms with E-state index in [1.54, 1.807) is 18.2 Å². The Kier molecular flexibility index (Phi) is 9.44. The van der Waals surface area contributed by atoms with E-state index in [0.717, 1.165) is 12.7 Å². The molecule has 0 aliphatic heterocycles. The fourth-order valence-corrected chi connectivity index (χ4v) is 4.44. The SMILES string of the molecule is N[C@@H](Cc1cc(I)c(Oc2ccc(O)c(I)c2)c(I)c1)C(=O)O.[Bi]. The summed E-state index contributed by atoms with van der Waals surface area (Å²) in [6.07, 6.45) is 0.263. The van der Waals surface area contributed by atoms with Crippen LogP contribution < -0.4 is 10.5 Å². The average molecular weight is 860 g/mol. The number of benzene rings is 2. The van der Waals surface area contributed by atoms with Crippen molar-refractivity contribution in [1.29, 1.82) is 0 Å². The van der Waals surface area contributed by atoms with Crippen LogP contribution in [0.15, 0.2) is 30.3 Å². The van der Waals surface area contributed by atoms with Crippen LogP contribution >= 0.6 is 67.8 Å². The topological polar surface area (TPSA) is 92.8 Å². The minimum atomic E-state index is -1.02. The van der Waals surface area contributed by atoms with Crippen molar-refractivity contribution < 1.29 is 19.7 Å². The summed E-state index contributed by atoms with van der Waals surface area (Å²) in [5, 5.41) is 18.5. The Bertz CT molecular complexity index is 734. The predicted octanol–water partition coefficient (Wildman–Crippen LogP) is 3.57. The van der Waals surface area contributed by atoms with Crippen LogP contribution in [0.25, 0.3) is 0 Å². The van der Waals surface area contributed by atoms with Gasteiger partial charge in [0.1, 0.15) is 17.5 Å². The van der Waals surface area contributed by atoms with Crippen molar-refractivity contribution in [2.75, 3.05) is 0 Å². The Morgan fingerprint density at radius 1 is 1.12 bits per heavy atom. The first kappa shape index (κ1) is 22.6. The predicted molar refractivity (Wildman–Crippen MR) is 118 cm³/mol. The van der Waals surface area contributed by atoms with E-state index in [1.807, 2.05) is 34.7 Å². The van der Waals surface area contributed by atoms with Crippen molar-refractivity contribution in [3.05, 3.63) is 46.6 Å². The molecule has 0 spiro atoms. The quantitative estimate of drug-likeness (QED) is 0.317. The van der Waals surface area contributed by atoms with Gasteiger partial charge in [0.05, 0.1) is 10.7 Å². The van der Waals surface area contributed by atoms with Gasteiger partial charge < -0.3 is 20.7 Å². The maximum Gasteiger partial charge on any atom is 0.320 e. The number of carboxylic acids is 1. The van der Waals surface area contributed by atoms with Gasteiger partial charge in [0.25, 0.3) is 0 Å². The van der Waals surface area contributed by atoms with E-state index in [0.29, 0.717) is 15.1 Å². The standard InChI is InChI=1S/C15H12I3NO4.Bi/c16-9-6-8(1-2-13(9)20)23-14-10(17)3-7(4-11(14)18)5-12(19)15(21)22;/h1-4,6,12,20H,5,19H2,(H,21,22);/t12-;/m0./s1. The van der Waals surface area contributed by atoms with E-state index >= 15 is 0 Å². The van der Waals surface area contributed by atoms with Gasteiger partial charge in [-0.25, -0.2) is 0 Å². The molecule has 3 radical (unpaired) electrons. The van der Waals surface area contributed by atoms with Crippen LogP contribution in [0.3, 0.4) is 0 Å². The largest absolute Gasteiger partial charge is 0.507 e. The van der Waals surface area contributed by atoms with Crippen LogP contribution in [0.4, 0.5) is 0 Å². The fraction of sp³-hybridized carbons (Fsp3) is 0.133. The number of phenols is 1. The molecule has 0 aromatic heterocycles. The fourth-order valence-electron chi connectivity index (χ4n) is 1.84. The molecule has 2 rings (SSSR count). The van der Waals surface area contributed by atoms with Gasteiger partial charge in [-0.2, -0.15) is 0 Å². The Hall–Kier alpha value is 0.543. The maximum atomic E-state index is 10.9. The Labute approximate surface area is 199 Å². The van der Waals surface area contributed by atoms with Crippen LogP contribution in [0.2, 0.25) is 0 Å². The van der Waals surface area contributed by atoms with Crippen molar-refractivity contribution in [1.82, 2.24) is 0 Å². The third kappa shape index (κ3) is 6.06. The number of carbonyl (C=O) groups is 1. The van der Waals surface area contributed by atoms with Crippen LogP contribution in [-0.2, 0) is 11.2 Å². The number of nitrogens with two attached hydrogens (primary N) is 1. The molecule has 2 aromatic rings. The molecular weight excluding hydrogens is 848 g/mol. The average Bonchev–Trinajstić information content (AvgIpc) is 2.46. The second-order valence-electron chi connectivity index (χ2n) is 4.75. The van der Waals surface area contributed by atoms with Crippen LogP contribution in [0.1, 0.15) is 5.56 Å². The van der Waals surface area contributed by atoms with Crippen LogP contribution in [0.5, 0.6) is 17.2 Å². The van der Waals surface area contributed by atoms with E-state index in [4.69, 9.17) is 15.6 Å². The maximum absolute atomic E-state index is 10.9. The van der Waals surface area contributed by atoms with Gasteiger partial charge in [0.15, 0.2) is 5.75 Å². The summed E-state index contributed by atoms with van der Waals surface area (Å²) < 4.78 is 8.34. The molecule has 0 aliphatic carbocycles. The monoisotopic (exact) mass is 860 g/mol. The van der Waals surface area contributed by atoms with Crippen molar-refractivity contribution >= 4 is 99.9 Å². The van der Waals surface area contributed by atoms with E-state index in [1.165, 1.54) is 0 Å². The van der Waals surface area contributed by atoms with Crippen molar-refractivity contribution in [3.8, 4) is 17.2 Å². The molecule has 0 amide bonds. The zero-order valence-corrected chi connectivity index (χ0v) is 22.0. The number of rotatable bonds is 5. The molecule has 0 aliphatic rings. The van der Waals surface area contributed by atoms with Crippen molar-refractivity contribution in [2.45, 2.75) is 12.5 Å². The molecule has 5 nitrogen and oxygen atoms in total. The molecule has 4 N–H and O–H groups in total. The number of carboxylic acid groups (broad SMARTS) is 1. The van der Waals surface area contributed by atoms with Crippen LogP contribution in [0, 0.1) is 10.7 Å². The molecule has 0 heterocycles. The molecule has 2 aromatic carbocycles. The van der Waals surface area contributed by atoms with Gasteiger partial charge >= 0.3 is 5.97 Å². The van der Waals surface area contributed by atoms with E-state index in [2.05, 4.69) is 45.2 Å².